The van der Waals surface area contributed by atoms with Gasteiger partial charge >= 0.3 is 6.03 Å². The van der Waals surface area contributed by atoms with Crippen LogP contribution in [0.5, 0.6) is 0 Å². The van der Waals surface area contributed by atoms with Crippen molar-refractivity contribution in [2.24, 2.45) is 5.92 Å². The molecule has 25 heavy (non-hydrogen) atoms. The molecule has 0 unspecified atom stereocenters. The van der Waals surface area contributed by atoms with Crippen molar-refractivity contribution in [2.45, 2.75) is 64.5 Å². The number of anilines is 1. The fourth-order valence-corrected chi connectivity index (χ4v) is 4.57. The van der Waals surface area contributed by atoms with Crippen molar-refractivity contribution in [3.8, 4) is 0 Å². The fourth-order valence-electron chi connectivity index (χ4n) is 4.05. The van der Waals surface area contributed by atoms with Crippen molar-refractivity contribution >= 4 is 28.4 Å². The summed E-state index contributed by atoms with van der Waals surface area (Å²) in [5.41, 5.74) is 0. The Morgan fingerprint density at radius 3 is 2.36 bits per heavy atom. The molecule has 1 aromatic heterocycles. The van der Waals surface area contributed by atoms with Gasteiger partial charge in [-0.25, -0.2) is 9.78 Å². The van der Waals surface area contributed by atoms with Gasteiger partial charge in [0.25, 0.3) is 0 Å². The third-order valence-corrected chi connectivity index (χ3v) is 6.25. The van der Waals surface area contributed by atoms with Gasteiger partial charge in [0.2, 0.25) is 5.91 Å². The number of urea groups is 1. The highest BCUT2D eigenvalue weighted by molar-refractivity contribution is 7.13. The zero-order chi connectivity index (χ0) is 17.8. The number of thiazole rings is 1. The number of carbonyl (C=O) groups is 2. The average Bonchev–Trinajstić information content (AvgIpc) is 3.10. The van der Waals surface area contributed by atoms with E-state index in [0.29, 0.717) is 11.2 Å². The van der Waals surface area contributed by atoms with E-state index in [2.05, 4.69) is 22.1 Å². The van der Waals surface area contributed by atoms with Crippen molar-refractivity contribution in [3.05, 3.63) is 11.6 Å². The molecule has 6 nitrogen and oxygen atoms in total. The minimum atomic E-state index is -0.0317. The van der Waals surface area contributed by atoms with Crippen molar-refractivity contribution in [3.63, 3.8) is 0 Å². The maximum atomic E-state index is 13.0. The predicted octanol–water partition coefficient (Wildman–Crippen LogP) is 3.57. The third-order valence-electron chi connectivity index (χ3n) is 5.56. The molecule has 0 bridgehead atoms. The number of hydrogen-bond donors (Lipinski definition) is 1. The molecule has 0 aromatic carbocycles. The summed E-state index contributed by atoms with van der Waals surface area (Å²) in [7, 11) is 0. The number of hydrogen-bond acceptors (Lipinski definition) is 4. The molecular weight excluding hydrogens is 336 g/mol. The number of amides is 3. The first-order chi connectivity index (χ1) is 12.0. The number of nitrogens with one attached hydrogen (secondary N) is 1. The predicted molar refractivity (Wildman–Crippen MR) is 99.7 cm³/mol. The average molecular weight is 365 g/mol. The first-order valence-electron chi connectivity index (χ1n) is 9.29. The summed E-state index contributed by atoms with van der Waals surface area (Å²) in [6, 6.07) is 0.467. The molecule has 1 N–H and O–H groups in total. The van der Waals surface area contributed by atoms with Crippen LogP contribution in [-0.2, 0) is 4.79 Å². The molecule has 2 aliphatic rings. The number of likely N-dealkylation sites (tertiary alicyclic amines) is 1. The lowest BCUT2D eigenvalue weighted by Crippen LogP contribution is -2.54. The van der Waals surface area contributed by atoms with Crippen LogP contribution in [0, 0.1) is 5.92 Å². The van der Waals surface area contributed by atoms with Crippen LogP contribution in [0.3, 0.4) is 0 Å². The van der Waals surface area contributed by atoms with Crippen molar-refractivity contribution in [2.75, 3.05) is 18.4 Å². The van der Waals surface area contributed by atoms with E-state index in [1.54, 1.807) is 13.1 Å². The summed E-state index contributed by atoms with van der Waals surface area (Å²) >= 11 is 1.44. The summed E-state index contributed by atoms with van der Waals surface area (Å²) in [6.07, 6.45) is 7.92. The van der Waals surface area contributed by atoms with E-state index in [1.165, 1.54) is 24.2 Å². The molecule has 138 valence electrons. The lowest BCUT2D eigenvalue weighted by Gasteiger charge is -2.44. The van der Waals surface area contributed by atoms with Crippen LogP contribution in [-0.4, -0.2) is 51.9 Å². The first-order valence-corrected chi connectivity index (χ1v) is 10.2. The van der Waals surface area contributed by atoms with Gasteiger partial charge in [0, 0.05) is 43.7 Å². The smallest absolute Gasteiger partial charge is 0.324 e. The number of aromatic nitrogens is 1. The Hall–Kier alpha value is -1.63. The lowest BCUT2D eigenvalue weighted by atomic mass is 9.85. The van der Waals surface area contributed by atoms with E-state index in [1.807, 2.05) is 10.3 Å². The van der Waals surface area contributed by atoms with E-state index in [9.17, 15) is 9.59 Å². The molecule has 7 heteroatoms. The maximum absolute atomic E-state index is 13.0. The van der Waals surface area contributed by atoms with E-state index in [4.69, 9.17) is 0 Å². The zero-order valence-corrected chi connectivity index (χ0v) is 15.9. The standard InChI is InChI=1S/C18H28N4O2S/c1-13-3-5-15(6-4-13)22(18(24)20-17-19-9-12-25-17)16-7-10-21(11-8-16)14(2)23/h9,12-13,15-16H,3-8,10-11H2,1-2H3,(H,19,20,24)/t13-,15-. The Balaban J connectivity index is 1.70. The van der Waals surface area contributed by atoms with Crippen LogP contribution in [0.4, 0.5) is 9.93 Å². The second-order valence-electron chi connectivity index (χ2n) is 7.33. The molecule has 1 aliphatic heterocycles. The molecule has 0 radical (unpaired) electrons. The van der Waals surface area contributed by atoms with Crippen LogP contribution in [0.25, 0.3) is 0 Å². The van der Waals surface area contributed by atoms with Crippen LogP contribution < -0.4 is 5.32 Å². The van der Waals surface area contributed by atoms with Crippen molar-refractivity contribution in [1.29, 1.82) is 0 Å². The highest BCUT2D eigenvalue weighted by Gasteiger charge is 2.35. The number of piperidine rings is 1. The minimum absolute atomic E-state index is 0.0317. The fraction of sp³-hybridized carbons (Fsp3) is 0.722. The van der Waals surface area contributed by atoms with Gasteiger partial charge in [0.1, 0.15) is 0 Å². The number of nitrogens with zero attached hydrogens (tertiary/aromatic N) is 3. The van der Waals surface area contributed by atoms with Gasteiger partial charge < -0.3 is 9.80 Å². The van der Waals surface area contributed by atoms with Gasteiger partial charge in [0.05, 0.1) is 0 Å². The van der Waals surface area contributed by atoms with Crippen molar-refractivity contribution < 1.29 is 9.59 Å². The maximum Gasteiger partial charge on any atom is 0.324 e. The minimum Gasteiger partial charge on any atom is -0.343 e. The molecule has 2 heterocycles. The molecule has 3 amide bonds. The van der Waals surface area contributed by atoms with Gasteiger partial charge in [-0.1, -0.05) is 6.92 Å². The normalized spacial score (nSPS) is 24.8. The van der Waals surface area contributed by atoms with Gasteiger partial charge in [-0.2, -0.15) is 0 Å². The molecule has 2 fully saturated rings. The summed E-state index contributed by atoms with van der Waals surface area (Å²) < 4.78 is 0. The van der Waals surface area contributed by atoms with Crippen LogP contribution in [0.2, 0.25) is 0 Å². The number of carbonyl (C=O) groups excluding carboxylic acids is 2. The molecule has 1 aromatic rings. The molecule has 1 aliphatic carbocycles. The van der Waals surface area contributed by atoms with E-state index >= 15 is 0 Å². The number of rotatable bonds is 3. The Labute approximate surface area is 153 Å². The Bertz CT molecular complexity index is 576. The van der Waals surface area contributed by atoms with Crippen LogP contribution in [0.1, 0.15) is 52.4 Å². The molecule has 1 saturated heterocycles. The zero-order valence-electron chi connectivity index (χ0n) is 15.1. The summed E-state index contributed by atoms with van der Waals surface area (Å²) in [4.78, 5) is 32.7. The summed E-state index contributed by atoms with van der Waals surface area (Å²) in [5.74, 6) is 0.878. The highest BCUT2D eigenvalue weighted by Crippen LogP contribution is 2.31. The van der Waals surface area contributed by atoms with Crippen LogP contribution in [0.15, 0.2) is 11.6 Å². The van der Waals surface area contributed by atoms with E-state index in [-0.39, 0.29) is 18.0 Å². The molecule has 3 rings (SSSR count). The molecular formula is C18H28N4O2S. The summed E-state index contributed by atoms with van der Waals surface area (Å²) in [6.45, 7) is 5.39. The summed E-state index contributed by atoms with van der Waals surface area (Å²) in [5, 5.41) is 5.50. The quantitative estimate of drug-likeness (QED) is 0.892. The largest absolute Gasteiger partial charge is 0.343 e. The molecule has 0 spiro atoms. The van der Waals surface area contributed by atoms with Gasteiger partial charge in [-0.05, 0) is 44.4 Å². The highest BCUT2D eigenvalue weighted by atomic mass is 32.1. The second-order valence-corrected chi connectivity index (χ2v) is 8.22. The monoisotopic (exact) mass is 364 g/mol. The topological polar surface area (TPSA) is 65.5 Å². The SMILES string of the molecule is CC(=O)N1CCC(N(C(=O)Nc2nccs2)[C@H]2CC[C@H](C)CC2)CC1. The van der Waals surface area contributed by atoms with Crippen LogP contribution >= 0.6 is 11.3 Å². The Morgan fingerprint density at radius 2 is 1.80 bits per heavy atom. The van der Waals surface area contributed by atoms with E-state index < -0.39 is 0 Å². The lowest BCUT2D eigenvalue weighted by molar-refractivity contribution is -0.130. The first kappa shape index (κ1) is 18.2. The third kappa shape index (κ3) is 4.51. The Morgan fingerprint density at radius 1 is 1.16 bits per heavy atom. The Kier molecular flexibility index (Phi) is 5.93. The molecule has 1 saturated carbocycles. The van der Waals surface area contributed by atoms with Gasteiger partial charge in [-0.3, -0.25) is 10.1 Å². The molecule has 0 atom stereocenters. The van der Waals surface area contributed by atoms with Gasteiger partial charge in [0.15, 0.2) is 5.13 Å². The van der Waals surface area contributed by atoms with Gasteiger partial charge in [-0.15, -0.1) is 11.3 Å². The van der Waals surface area contributed by atoms with Crippen molar-refractivity contribution in [1.82, 2.24) is 14.8 Å². The van der Waals surface area contributed by atoms with E-state index in [0.717, 1.165) is 44.7 Å². The second kappa shape index (κ2) is 8.17.